The molecular formula is C14H19BrClN. The molecule has 1 aliphatic heterocycles. The first kappa shape index (κ1) is 13.4. The molecule has 1 aromatic carbocycles. The fourth-order valence-electron chi connectivity index (χ4n) is 2.44. The molecule has 0 spiro atoms. The average Bonchev–Trinajstić information content (AvgIpc) is 2.34. The zero-order valence-electron chi connectivity index (χ0n) is 10.3. The van der Waals surface area contributed by atoms with E-state index in [1.807, 2.05) is 6.07 Å². The largest absolute Gasteiger partial charge is 0.299 e. The molecule has 0 unspecified atom stereocenters. The van der Waals surface area contributed by atoms with E-state index in [1.54, 1.807) is 0 Å². The Kier molecular flexibility index (Phi) is 4.89. The third kappa shape index (κ3) is 3.70. The summed E-state index contributed by atoms with van der Waals surface area (Å²) in [6, 6.07) is 6.17. The lowest BCUT2D eigenvalue weighted by molar-refractivity contribution is 0.175. The number of hydrogen-bond donors (Lipinski definition) is 0. The lowest BCUT2D eigenvalue weighted by atomic mass is 9.94. The predicted molar refractivity (Wildman–Crippen MR) is 77.4 cm³/mol. The summed E-state index contributed by atoms with van der Waals surface area (Å²) in [5.41, 5.74) is 1.24. The number of piperidine rings is 1. The highest BCUT2D eigenvalue weighted by atomic mass is 79.9. The Labute approximate surface area is 117 Å². The molecule has 1 heterocycles. The van der Waals surface area contributed by atoms with Crippen molar-refractivity contribution >= 4 is 27.5 Å². The smallest absolute Gasteiger partial charge is 0.0462 e. The van der Waals surface area contributed by atoms with Crippen LogP contribution in [0.5, 0.6) is 0 Å². The first-order valence-corrected chi connectivity index (χ1v) is 7.52. The number of benzene rings is 1. The first-order valence-electron chi connectivity index (χ1n) is 6.35. The molecule has 1 aliphatic rings. The van der Waals surface area contributed by atoms with Crippen molar-refractivity contribution in [1.29, 1.82) is 0 Å². The Bertz CT molecular complexity index is 372. The zero-order valence-corrected chi connectivity index (χ0v) is 12.6. The summed E-state index contributed by atoms with van der Waals surface area (Å²) in [6.07, 6.45) is 4.00. The third-order valence-corrected chi connectivity index (χ3v) is 4.54. The van der Waals surface area contributed by atoms with Crippen LogP contribution in [0.2, 0.25) is 5.02 Å². The molecule has 1 fully saturated rings. The second-order valence-electron chi connectivity index (χ2n) is 4.86. The van der Waals surface area contributed by atoms with Crippen LogP contribution in [0.25, 0.3) is 0 Å². The second kappa shape index (κ2) is 6.21. The van der Waals surface area contributed by atoms with Gasteiger partial charge in [-0.25, -0.2) is 0 Å². The van der Waals surface area contributed by atoms with Gasteiger partial charge in [0.2, 0.25) is 0 Å². The highest BCUT2D eigenvalue weighted by Gasteiger charge is 2.18. The van der Waals surface area contributed by atoms with Gasteiger partial charge in [0.25, 0.3) is 0 Å². The number of rotatable bonds is 3. The van der Waals surface area contributed by atoms with Gasteiger partial charge in [0.1, 0.15) is 0 Å². The van der Waals surface area contributed by atoms with Gasteiger partial charge >= 0.3 is 0 Å². The van der Waals surface area contributed by atoms with E-state index < -0.39 is 0 Å². The lowest BCUT2D eigenvalue weighted by Gasteiger charge is -2.31. The van der Waals surface area contributed by atoms with Gasteiger partial charge in [-0.05, 0) is 49.5 Å². The summed E-state index contributed by atoms with van der Waals surface area (Å²) in [7, 11) is 0. The van der Waals surface area contributed by atoms with Gasteiger partial charge in [0.05, 0.1) is 0 Å². The van der Waals surface area contributed by atoms with E-state index in [2.05, 4.69) is 39.9 Å². The number of halogens is 2. The summed E-state index contributed by atoms with van der Waals surface area (Å²) in [5, 5.41) is 0.872. The van der Waals surface area contributed by atoms with Crippen LogP contribution < -0.4 is 0 Å². The molecule has 17 heavy (non-hydrogen) atoms. The van der Waals surface area contributed by atoms with Crippen molar-refractivity contribution in [1.82, 2.24) is 4.90 Å². The molecule has 0 saturated carbocycles. The van der Waals surface area contributed by atoms with E-state index in [0.29, 0.717) is 0 Å². The Morgan fingerprint density at radius 3 is 2.65 bits per heavy atom. The molecule has 0 aliphatic carbocycles. The highest BCUT2D eigenvalue weighted by molar-refractivity contribution is 9.10. The molecule has 0 radical (unpaired) electrons. The molecule has 0 amide bonds. The Morgan fingerprint density at radius 2 is 2.06 bits per heavy atom. The maximum absolute atomic E-state index is 6.25. The third-order valence-electron chi connectivity index (χ3n) is 3.69. The minimum absolute atomic E-state index is 0.872. The number of likely N-dealkylation sites (tertiary alicyclic amines) is 1. The Balaban J connectivity index is 1.93. The second-order valence-corrected chi connectivity index (χ2v) is 6.19. The molecule has 1 saturated heterocycles. The van der Waals surface area contributed by atoms with Crippen molar-refractivity contribution in [3.63, 3.8) is 0 Å². The molecule has 3 heteroatoms. The molecule has 0 bridgehead atoms. The standard InChI is InChI=1S/C14H19BrClN/c1-2-11-5-7-17(8-6-11)10-12-3-4-13(15)9-14(12)16/h3-4,9,11H,2,5-8,10H2,1H3. The molecule has 0 N–H and O–H groups in total. The van der Waals surface area contributed by atoms with E-state index in [9.17, 15) is 0 Å². The lowest BCUT2D eigenvalue weighted by Crippen LogP contribution is -2.33. The van der Waals surface area contributed by atoms with Crippen LogP contribution in [-0.2, 0) is 6.54 Å². The molecular weight excluding hydrogens is 298 g/mol. The van der Waals surface area contributed by atoms with E-state index in [1.165, 1.54) is 37.9 Å². The van der Waals surface area contributed by atoms with E-state index >= 15 is 0 Å². The van der Waals surface area contributed by atoms with Crippen molar-refractivity contribution < 1.29 is 0 Å². The van der Waals surface area contributed by atoms with E-state index in [0.717, 1.165) is 22.0 Å². The van der Waals surface area contributed by atoms with Crippen LogP contribution in [0.3, 0.4) is 0 Å². The van der Waals surface area contributed by atoms with E-state index in [-0.39, 0.29) is 0 Å². The summed E-state index contributed by atoms with van der Waals surface area (Å²) in [5.74, 6) is 0.937. The molecule has 1 aromatic rings. The van der Waals surface area contributed by atoms with Crippen LogP contribution in [0.4, 0.5) is 0 Å². The maximum atomic E-state index is 6.25. The molecule has 94 valence electrons. The average molecular weight is 317 g/mol. The quantitative estimate of drug-likeness (QED) is 0.779. The summed E-state index contributed by atoms with van der Waals surface area (Å²) in [6.45, 7) is 5.71. The van der Waals surface area contributed by atoms with Gasteiger partial charge < -0.3 is 0 Å². The number of hydrogen-bond acceptors (Lipinski definition) is 1. The molecule has 2 rings (SSSR count). The van der Waals surface area contributed by atoms with Gasteiger partial charge in [-0.3, -0.25) is 4.90 Å². The molecule has 0 aromatic heterocycles. The van der Waals surface area contributed by atoms with Crippen LogP contribution in [0, 0.1) is 5.92 Å². The fraction of sp³-hybridized carbons (Fsp3) is 0.571. The van der Waals surface area contributed by atoms with Gasteiger partial charge in [-0.2, -0.15) is 0 Å². The summed E-state index contributed by atoms with van der Waals surface area (Å²) < 4.78 is 1.05. The van der Waals surface area contributed by atoms with Crippen molar-refractivity contribution in [3.05, 3.63) is 33.3 Å². The summed E-state index contributed by atoms with van der Waals surface area (Å²) in [4.78, 5) is 2.52. The van der Waals surface area contributed by atoms with Gasteiger partial charge in [-0.1, -0.05) is 46.9 Å². The van der Waals surface area contributed by atoms with Crippen molar-refractivity contribution in [2.24, 2.45) is 5.92 Å². The number of nitrogens with zero attached hydrogens (tertiary/aromatic N) is 1. The van der Waals surface area contributed by atoms with Crippen LogP contribution in [0.15, 0.2) is 22.7 Å². The normalized spacial score (nSPS) is 18.5. The maximum Gasteiger partial charge on any atom is 0.0462 e. The SMILES string of the molecule is CCC1CCN(Cc2ccc(Br)cc2Cl)CC1. The fourth-order valence-corrected chi connectivity index (χ4v) is 3.18. The van der Waals surface area contributed by atoms with Crippen molar-refractivity contribution in [2.75, 3.05) is 13.1 Å². The minimum Gasteiger partial charge on any atom is -0.299 e. The monoisotopic (exact) mass is 315 g/mol. The zero-order chi connectivity index (χ0) is 12.3. The van der Waals surface area contributed by atoms with Gasteiger partial charge in [0, 0.05) is 16.0 Å². The topological polar surface area (TPSA) is 3.24 Å². The van der Waals surface area contributed by atoms with Crippen molar-refractivity contribution in [2.45, 2.75) is 32.7 Å². The molecule has 1 nitrogen and oxygen atoms in total. The van der Waals surface area contributed by atoms with Gasteiger partial charge in [0.15, 0.2) is 0 Å². The van der Waals surface area contributed by atoms with Crippen LogP contribution in [0.1, 0.15) is 31.7 Å². The van der Waals surface area contributed by atoms with Crippen molar-refractivity contribution in [3.8, 4) is 0 Å². The van der Waals surface area contributed by atoms with Crippen LogP contribution >= 0.6 is 27.5 Å². The Morgan fingerprint density at radius 1 is 1.35 bits per heavy atom. The van der Waals surface area contributed by atoms with Gasteiger partial charge in [-0.15, -0.1) is 0 Å². The van der Waals surface area contributed by atoms with Crippen LogP contribution in [-0.4, -0.2) is 18.0 Å². The Hall–Kier alpha value is -0.0500. The predicted octanol–water partition coefficient (Wildman–Crippen LogP) is 4.72. The van der Waals surface area contributed by atoms with E-state index in [4.69, 9.17) is 11.6 Å². The first-order chi connectivity index (χ1) is 8.19. The molecule has 0 atom stereocenters. The minimum atomic E-state index is 0.872. The summed E-state index contributed by atoms with van der Waals surface area (Å²) >= 11 is 9.69. The highest BCUT2D eigenvalue weighted by Crippen LogP contribution is 2.25.